The maximum atomic E-state index is 12.3. The predicted molar refractivity (Wildman–Crippen MR) is 87.2 cm³/mol. The Morgan fingerprint density at radius 3 is 2.58 bits per heavy atom. The third kappa shape index (κ3) is 2.26. The number of ketones is 1. The summed E-state index contributed by atoms with van der Waals surface area (Å²) in [6.45, 7) is 5.21. The van der Waals surface area contributed by atoms with Gasteiger partial charge in [-0.1, -0.05) is 0 Å². The highest BCUT2D eigenvalue weighted by Crippen LogP contribution is 2.53. The van der Waals surface area contributed by atoms with Crippen molar-refractivity contribution in [2.45, 2.75) is 52.1 Å². The maximum Gasteiger partial charge on any atom is 0.338 e. The zero-order valence-corrected chi connectivity index (χ0v) is 14.8. The molecule has 2 aliphatic heterocycles. The Kier molecular flexibility index (Phi) is 3.63. The van der Waals surface area contributed by atoms with Gasteiger partial charge in [-0.2, -0.15) is 0 Å². The summed E-state index contributed by atoms with van der Waals surface area (Å²) in [5, 5.41) is 10.8. The van der Waals surface area contributed by atoms with E-state index in [1.54, 1.807) is 20.8 Å². The molecule has 0 saturated carbocycles. The minimum absolute atomic E-state index is 0.0762. The maximum absolute atomic E-state index is 12.3. The molecule has 1 fully saturated rings. The molecule has 0 aromatic heterocycles. The minimum Gasteiger partial charge on any atom is -0.458 e. The highest BCUT2D eigenvalue weighted by molar-refractivity contribution is 5.95. The van der Waals surface area contributed by atoms with E-state index >= 15 is 0 Å². The summed E-state index contributed by atoms with van der Waals surface area (Å²) in [5.41, 5.74) is 1.34. The Morgan fingerprint density at radius 2 is 1.92 bits per heavy atom. The molecule has 0 aromatic carbocycles. The first kappa shape index (κ1) is 17.0. The number of esters is 2. The Balaban J connectivity index is 1.62. The quantitative estimate of drug-likeness (QED) is 0.343. The van der Waals surface area contributed by atoms with Crippen LogP contribution in [0, 0.1) is 11.3 Å². The first-order chi connectivity index (χ1) is 12.2. The fourth-order valence-electron chi connectivity index (χ4n) is 4.28. The molecule has 0 aromatic rings. The zero-order valence-electron chi connectivity index (χ0n) is 14.8. The number of aliphatic hydroxyl groups is 1. The monoisotopic (exact) mass is 360 g/mol. The van der Waals surface area contributed by atoms with Gasteiger partial charge in [0.1, 0.15) is 11.9 Å². The third-order valence-corrected chi connectivity index (χ3v) is 5.73. The molecule has 2 aliphatic carbocycles. The van der Waals surface area contributed by atoms with Crippen molar-refractivity contribution in [2.24, 2.45) is 11.3 Å². The van der Waals surface area contributed by atoms with E-state index in [1.807, 2.05) is 0 Å². The number of aliphatic hydroxyl groups excluding tert-OH is 1. The number of hydrogen-bond donors (Lipinski definition) is 1. The molecule has 4 rings (SSSR count). The Hall–Kier alpha value is -2.41. The van der Waals surface area contributed by atoms with Crippen molar-refractivity contribution in [3.63, 3.8) is 0 Å². The van der Waals surface area contributed by atoms with E-state index in [-0.39, 0.29) is 11.4 Å². The van der Waals surface area contributed by atoms with Crippen molar-refractivity contribution in [3.8, 4) is 0 Å². The standard InChI is InChI=1S/C19H20O7/c1-8-6-12(25-17(8)22)24-7-10-13-15(21)9-4-5-11(20)19(2,3)14(9)16(13)26-18(10)23/h6-7,12-13,15-16,21H,4-5H2,1-3H3/b10-7+/t12-,13+,15-,16+/m1/s1. The number of carbonyl (C=O) groups is 3. The lowest BCUT2D eigenvalue weighted by Gasteiger charge is -2.33. The first-order valence-corrected chi connectivity index (χ1v) is 8.62. The number of rotatable bonds is 2. The van der Waals surface area contributed by atoms with Crippen LogP contribution in [0.25, 0.3) is 0 Å². The van der Waals surface area contributed by atoms with Crippen LogP contribution in [0.3, 0.4) is 0 Å². The van der Waals surface area contributed by atoms with Gasteiger partial charge in [-0.3, -0.25) is 4.79 Å². The summed E-state index contributed by atoms with van der Waals surface area (Å²) >= 11 is 0. The second-order valence-electron chi connectivity index (χ2n) is 7.62. The van der Waals surface area contributed by atoms with Gasteiger partial charge in [-0.05, 0) is 38.3 Å². The Bertz CT molecular complexity index is 814. The zero-order chi connectivity index (χ0) is 18.8. The van der Waals surface area contributed by atoms with Crippen molar-refractivity contribution >= 4 is 17.7 Å². The van der Waals surface area contributed by atoms with Crippen LogP contribution in [0.1, 0.15) is 33.6 Å². The van der Waals surface area contributed by atoms with Crippen LogP contribution in [0.2, 0.25) is 0 Å². The summed E-state index contributed by atoms with van der Waals surface area (Å²) in [6, 6.07) is 0. The minimum atomic E-state index is -0.902. The van der Waals surface area contributed by atoms with Crippen LogP contribution < -0.4 is 0 Å². The molecule has 7 heteroatoms. The van der Waals surface area contributed by atoms with Gasteiger partial charge < -0.3 is 19.3 Å². The van der Waals surface area contributed by atoms with Crippen LogP contribution >= 0.6 is 0 Å². The van der Waals surface area contributed by atoms with Crippen LogP contribution in [-0.2, 0) is 28.6 Å². The van der Waals surface area contributed by atoms with E-state index < -0.39 is 41.8 Å². The summed E-state index contributed by atoms with van der Waals surface area (Å²) < 4.78 is 15.9. The lowest BCUT2D eigenvalue weighted by atomic mass is 9.71. The highest BCUT2D eigenvalue weighted by Gasteiger charge is 2.58. The SMILES string of the molecule is CC1=C[C@H](O/C=C2/C(=O)O[C@@H]3C4=C(CCC(=O)C4(C)C)[C@@H](O)[C@H]23)OC1=O. The summed E-state index contributed by atoms with van der Waals surface area (Å²) in [4.78, 5) is 36.0. The number of Topliss-reactive ketones (excluding diaryl/α,β-unsaturated/α-hetero) is 1. The average molecular weight is 360 g/mol. The number of hydrogen-bond acceptors (Lipinski definition) is 7. The fourth-order valence-corrected chi connectivity index (χ4v) is 4.28. The van der Waals surface area contributed by atoms with Crippen LogP contribution in [0.5, 0.6) is 0 Å². The highest BCUT2D eigenvalue weighted by atomic mass is 16.7. The van der Waals surface area contributed by atoms with E-state index in [0.29, 0.717) is 24.0 Å². The molecule has 1 N–H and O–H groups in total. The topological polar surface area (TPSA) is 99.1 Å². The molecule has 0 radical (unpaired) electrons. The van der Waals surface area contributed by atoms with Gasteiger partial charge in [0.15, 0.2) is 0 Å². The number of carbonyl (C=O) groups excluding carboxylic acids is 3. The molecule has 138 valence electrons. The summed E-state index contributed by atoms with van der Waals surface area (Å²) in [7, 11) is 0. The molecular weight excluding hydrogens is 340 g/mol. The Labute approximate surface area is 150 Å². The smallest absolute Gasteiger partial charge is 0.338 e. The van der Waals surface area contributed by atoms with Crippen molar-refractivity contribution in [2.75, 3.05) is 0 Å². The van der Waals surface area contributed by atoms with Crippen molar-refractivity contribution in [1.29, 1.82) is 0 Å². The van der Waals surface area contributed by atoms with Gasteiger partial charge in [-0.25, -0.2) is 9.59 Å². The summed E-state index contributed by atoms with van der Waals surface area (Å²) in [6.07, 6.45) is 1.09. The molecule has 26 heavy (non-hydrogen) atoms. The molecule has 4 atom stereocenters. The normalized spacial score (nSPS) is 36.7. The third-order valence-electron chi connectivity index (χ3n) is 5.73. The van der Waals surface area contributed by atoms with E-state index in [2.05, 4.69) is 0 Å². The predicted octanol–water partition coefficient (Wildman–Crippen LogP) is 1.32. The van der Waals surface area contributed by atoms with E-state index in [1.165, 1.54) is 12.3 Å². The molecule has 7 nitrogen and oxygen atoms in total. The second kappa shape index (κ2) is 5.54. The molecule has 0 amide bonds. The van der Waals surface area contributed by atoms with Crippen molar-refractivity contribution < 1.29 is 33.7 Å². The molecular formula is C19H20O7. The molecule has 4 aliphatic rings. The van der Waals surface area contributed by atoms with Gasteiger partial charge in [0, 0.05) is 23.5 Å². The number of fused-ring (bicyclic) bond motifs is 2. The number of ether oxygens (including phenoxy) is 3. The van der Waals surface area contributed by atoms with E-state index in [4.69, 9.17) is 14.2 Å². The van der Waals surface area contributed by atoms with Gasteiger partial charge in [0.05, 0.1) is 23.9 Å². The van der Waals surface area contributed by atoms with E-state index in [9.17, 15) is 19.5 Å². The fraction of sp³-hybridized carbons (Fsp3) is 0.526. The lowest BCUT2D eigenvalue weighted by Crippen LogP contribution is -2.35. The van der Waals surface area contributed by atoms with Crippen molar-refractivity contribution in [3.05, 3.63) is 34.6 Å². The van der Waals surface area contributed by atoms with Gasteiger partial charge >= 0.3 is 11.9 Å². The molecule has 1 saturated heterocycles. The molecule has 0 bridgehead atoms. The Morgan fingerprint density at radius 1 is 1.19 bits per heavy atom. The number of cyclic esters (lactones) is 1. The first-order valence-electron chi connectivity index (χ1n) is 8.62. The largest absolute Gasteiger partial charge is 0.458 e. The van der Waals surface area contributed by atoms with Crippen molar-refractivity contribution in [1.82, 2.24) is 0 Å². The molecule has 2 heterocycles. The molecule has 0 unspecified atom stereocenters. The van der Waals surface area contributed by atoms with E-state index in [0.717, 1.165) is 5.57 Å². The average Bonchev–Trinajstić information content (AvgIpc) is 3.15. The molecule has 0 spiro atoms. The van der Waals surface area contributed by atoms with Crippen LogP contribution in [0.15, 0.2) is 34.6 Å². The second-order valence-corrected chi connectivity index (χ2v) is 7.62. The van der Waals surface area contributed by atoms with Gasteiger partial charge in [0.25, 0.3) is 6.29 Å². The van der Waals surface area contributed by atoms with Crippen LogP contribution in [-0.4, -0.2) is 41.3 Å². The lowest BCUT2D eigenvalue weighted by molar-refractivity contribution is -0.152. The van der Waals surface area contributed by atoms with Gasteiger partial charge in [-0.15, -0.1) is 0 Å². The van der Waals surface area contributed by atoms with Crippen LogP contribution in [0.4, 0.5) is 0 Å². The van der Waals surface area contributed by atoms with Gasteiger partial charge in [0.2, 0.25) is 0 Å². The summed E-state index contributed by atoms with van der Waals surface area (Å²) in [5.74, 6) is -1.60.